The van der Waals surface area contributed by atoms with Crippen molar-refractivity contribution in [3.8, 4) is 0 Å². The average molecular weight is 331 g/mol. The van der Waals surface area contributed by atoms with Crippen molar-refractivity contribution in [2.24, 2.45) is 5.92 Å². The normalized spacial score (nSPS) is 16.4. The number of aryl methyl sites for hydroxylation is 1. The molecular weight excluding hydrogens is 304 g/mol. The topological polar surface area (TPSA) is 58.2 Å². The number of thiophene rings is 1. The first kappa shape index (κ1) is 16.9. The molecule has 0 aliphatic heterocycles. The molecule has 21 heavy (non-hydrogen) atoms. The summed E-state index contributed by atoms with van der Waals surface area (Å²) in [6.07, 6.45) is 4.77. The van der Waals surface area contributed by atoms with Crippen molar-refractivity contribution in [3.05, 3.63) is 15.8 Å². The minimum atomic E-state index is -3.36. The van der Waals surface area contributed by atoms with Crippen LogP contribution in [-0.4, -0.2) is 21.0 Å². The van der Waals surface area contributed by atoms with Crippen molar-refractivity contribution in [2.75, 3.05) is 6.54 Å². The summed E-state index contributed by atoms with van der Waals surface area (Å²) >= 11 is 1.56. The van der Waals surface area contributed by atoms with E-state index in [1.807, 2.05) is 6.92 Å². The molecule has 1 aromatic rings. The lowest BCUT2D eigenvalue weighted by molar-refractivity contribution is 0.297. The van der Waals surface area contributed by atoms with Gasteiger partial charge in [0.2, 0.25) is 10.0 Å². The summed E-state index contributed by atoms with van der Waals surface area (Å²) in [5.74, 6) is 0.724. The molecule has 4 nitrogen and oxygen atoms in total. The molecular formula is C15H26N2O2S2. The first-order valence-electron chi connectivity index (χ1n) is 7.71. The van der Waals surface area contributed by atoms with E-state index >= 15 is 0 Å². The summed E-state index contributed by atoms with van der Waals surface area (Å²) in [6, 6.07) is 2.20. The van der Waals surface area contributed by atoms with Crippen molar-refractivity contribution in [2.45, 2.75) is 63.9 Å². The lowest BCUT2D eigenvalue weighted by Gasteiger charge is -2.25. The maximum atomic E-state index is 12.4. The molecule has 0 spiro atoms. The zero-order valence-electron chi connectivity index (χ0n) is 13.1. The Balaban J connectivity index is 1.94. The van der Waals surface area contributed by atoms with Crippen LogP contribution >= 0.6 is 11.3 Å². The minimum absolute atomic E-state index is 0.396. The Hall–Kier alpha value is -0.430. The molecule has 1 aliphatic rings. The van der Waals surface area contributed by atoms with E-state index in [9.17, 15) is 8.42 Å². The largest absolute Gasteiger partial charge is 0.310 e. The van der Waals surface area contributed by atoms with Crippen LogP contribution in [0.3, 0.4) is 0 Å². The quantitative estimate of drug-likeness (QED) is 0.770. The third-order valence-corrected chi connectivity index (χ3v) is 6.73. The Labute approximate surface area is 132 Å². The highest BCUT2D eigenvalue weighted by molar-refractivity contribution is 7.89. The number of hydrogen-bond acceptors (Lipinski definition) is 4. The molecule has 1 aromatic heterocycles. The summed E-state index contributed by atoms with van der Waals surface area (Å²) in [4.78, 5) is 2.38. The third kappa shape index (κ3) is 4.77. The molecule has 1 saturated carbocycles. The minimum Gasteiger partial charge on any atom is -0.310 e. The summed E-state index contributed by atoms with van der Waals surface area (Å²) < 4.78 is 27.5. The molecule has 0 radical (unpaired) electrons. The van der Waals surface area contributed by atoms with E-state index in [1.54, 1.807) is 17.4 Å². The van der Waals surface area contributed by atoms with Crippen molar-refractivity contribution in [1.29, 1.82) is 0 Å². The monoisotopic (exact) mass is 330 g/mol. The van der Waals surface area contributed by atoms with E-state index in [2.05, 4.69) is 23.9 Å². The highest BCUT2D eigenvalue weighted by atomic mass is 32.2. The summed E-state index contributed by atoms with van der Waals surface area (Å²) in [5, 5.41) is 3.32. The van der Waals surface area contributed by atoms with Gasteiger partial charge in [-0.3, -0.25) is 0 Å². The molecule has 0 amide bonds. The molecule has 1 aliphatic carbocycles. The fraction of sp³-hybridized carbons (Fsp3) is 0.733. The summed E-state index contributed by atoms with van der Waals surface area (Å²) in [6.45, 7) is 7.33. The van der Waals surface area contributed by atoms with E-state index < -0.39 is 10.0 Å². The Morgan fingerprint density at radius 2 is 2.10 bits per heavy atom. The molecule has 0 atom stereocenters. The van der Waals surface area contributed by atoms with Crippen LogP contribution in [-0.2, 0) is 16.6 Å². The molecule has 0 bridgehead atoms. The van der Waals surface area contributed by atoms with E-state index in [0.717, 1.165) is 28.6 Å². The van der Waals surface area contributed by atoms with Gasteiger partial charge in [-0.1, -0.05) is 33.1 Å². The first-order valence-corrected chi connectivity index (χ1v) is 10.0. The fourth-order valence-corrected chi connectivity index (χ4v) is 5.07. The maximum Gasteiger partial charge on any atom is 0.241 e. The van der Waals surface area contributed by atoms with Gasteiger partial charge in [0.05, 0.1) is 4.90 Å². The van der Waals surface area contributed by atoms with E-state index in [0.29, 0.717) is 17.5 Å². The van der Waals surface area contributed by atoms with E-state index in [-0.39, 0.29) is 0 Å². The zero-order valence-corrected chi connectivity index (χ0v) is 14.7. The predicted molar refractivity (Wildman–Crippen MR) is 88.2 cm³/mol. The lowest BCUT2D eigenvalue weighted by atomic mass is 9.83. The highest BCUT2D eigenvalue weighted by Crippen LogP contribution is 2.29. The standard InChI is InChI=1S/C15H26N2O2S2/c1-11(2)16-10-14-9-15(12(3)20-14)21(18,19)17-8-7-13-5-4-6-13/h9,11,13,16-17H,4-8,10H2,1-3H3. The molecule has 0 unspecified atom stereocenters. The molecule has 1 fully saturated rings. The van der Waals surface area contributed by atoms with Crippen LogP contribution in [0.1, 0.15) is 49.3 Å². The fourth-order valence-electron chi connectivity index (χ4n) is 2.44. The molecule has 1 heterocycles. The van der Waals surface area contributed by atoms with Crippen LogP contribution in [0.25, 0.3) is 0 Å². The van der Waals surface area contributed by atoms with Crippen LogP contribution in [0.5, 0.6) is 0 Å². The molecule has 0 aromatic carbocycles. The van der Waals surface area contributed by atoms with Gasteiger partial charge in [0.15, 0.2) is 0 Å². The van der Waals surface area contributed by atoms with Gasteiger partial charge in [-0.25, -0.2) is 13.1 Å². The predicted octanol–water partition coefficient (Wildman–Crippen LogP) is 3.02. The van der Waals surface area contributed by atoms with Gasteiger partial charge in [-0.2, -0.15) is 0 Å². The number of rotatable bonds is 8. The average Bonchev–Trinajstić information content (AvgIpc) is 2.72. The van der Waals surface area contributed by atoms with Gasteiger partial charge >= 0.3 is 0 Å². The molecule has 2 rings (SSSR count). The van der Waals surface area contributed by atoms with Crippen molar-refractivity contribution in [1.82, 2.24) is 10.0 Å². The summed E-state index contributed by atoms with van der Waals surface area (Å²) in [5.41, 5.74) is 0. The highest BCUT2D eigenvalue weighted by Gasteiger charge is 2.21. The Morgan fingerprint density at radius 3 is 2.67 bits per heavy atom. The van der Waals surface area contributed by atoms with Crippen LogP contribution in [0.4, 0.5) is 0 Å². The van der Waals surface area contributed by atoms with E-state index in [1.165, 1.54) is 19.3 Å². The Morgan fingerprint density at radius 1 is 1.38 bits per heavy atom. The number of sulfonamides is 1. The second-order valence-corrected chi connectivity index (χ2v) is 9.23. The second-order valence-electron chi connectivity index (χ2n) is 6.15. The van der Waals surface area contributed by atoms with Gasteiger partial charge in [0.1, 0.15) is 0 Å². The molecule has 6 heteroatoms. The summed E-state index contributed by atoms with van der Waals surface area (Å²) in [7, 11) is -3.36. The maximum absolute atomic E-state index is 12.4. The molecule has 120 valence electrons. The molecule has 0 saturated heterocycles. The van der Waals surface area contributed by atoms with Gasteiger partial charge < -0.3 is 5.32 Å². The Kier molecular flexibility index (Phi) is 5.82. The van der Waals surface area contributed by atoms with Crippen molar-refractivity contribution in [3.63, 3.8) is 0 Å². The second kappa shape index (κ2) is 7.22. The van der Waals surface area contributed by atoms with Gasteiger partial charge in [-0.15, -0.1) is 11.3 Å². The van der Waals surface area contributed by atoms with Gasteiger partial charge in [-0.05, 0) is 25.3 Å². The van der Waals surface area contributed by atoms with Crippen LogP contribution in [0.2, 0.25) is 0 Å². The first-order chi connectivity index (χ1) is 9.88. The smallest absolute Gasteiger partial charge is 0.241 e. The number of hydrogen-bond donors (Lipinski definition) is 2. The Bertz CT molecular complexity index is 560. The zero-order chi connectivity index (χ0) is 15.5. The van der Waals surface area contributed by atoms with Crippen molar-refractivity contribution >= 4 is 21.4 Å². The lowest BCUT2D eigenvalue weighted by Crippen LogP contribution is -2.27. The van der Waals surface area contributed by atoms with Gasteiger partial charge in [0.25, 0.3) is 0 Å². The third-order valence-electron chi connectivity index (χ3n) is 3.97. The van der Waals surface area contributed by atoms with Gasteiger partial charge in [0, 0.05) is 28.9 Å². The van der Waals surface area contributed by atoms with Crippen molar-refractivity contribution < 1.29 is 8.42 Å². The van der Waals surface area contributed by atoms with Crippen LogP contribution in [0.15, 0.2) is 11.0 Å². The van der Waals surface area contributed by atoms with E-state index in [4.69, 9.17) is 0 Å². The molecule has 2 N–H and O–H groups in total. The SMILES string of the molecule is Cc1sc(CNC(C)C)cc1S(=O)(=O)NCCC1CCC1. The van der Waals surface area contributed by atoms with Crippen LogP contribution < -0.4 is 10.0 Å². The van der Waals surface area contributed by atoms with Crippen LogP contribution in [0, 0.1) is 12.8 Å². The number of nitrogens with one attached hydrogen (secondary N) is 2.